The molecule has 0 radical (unpaired) electrons. The lowest BCUT2D eigenvalue weighted by molar-refractivity contribution is -0.110. The van der Waals surface area contributed by atoms with Crippen molar-refractivity contribution in [2.24, 2.45) is 5.73 Å². The Morgan fingerprint density at radius 2 is 1.83 bits per heavy atom. The van der Waals surface area contributed by atoms with E-state index in [9.17, 15) is 9.59 Å². The number of nitrogens with two attached hydrogens (primary N) is 2. The van der Waals surface area contributed by atoms with Crippen molar-refractivity contribution in [1.82, 2.24) is 0 Å². The Morgan fingerprint density at radius 1 is 1.13 bits per heavy atom. The standard InChI is InChI=1S/C17H16N4O2/c1-9(20-12-5-2-10(3-6-12)16(19)22)15-13-8-11(18)4-7-14(13)21-17(15)23/h2-8,20H,18H2,1H3,(H2,19,22)(H,21,23). The van der Waals surface area contributed by atoms with Crippen molar-refractivity contribution in [2.75, 3.05) is 16.4 Å². The molecular weight excluding hydrogens is 292 g/mol. The minimum atomic E-state index is -0.480. The molecule has 1 aliphatic rings. The highest BCUT2D eigenvalue weighted by Crippen LogP contribution is 2.35. The second-order valence-electron chi connectivity index (χ2n) is 5.33. The number of carbonyl (C=O) groups excluding carboxylic acids is 2. The van der Waals surface area contributed by atoms with Crippen molar-refractivity contribution in [1.29, 1.82) is 0 Å². The monoisotopic (exact) mass is 308 g/mol. The van der Waals surface area contributed by atoms with Gasteiger partial charge < -0.3 is 22.1 Å². The predicted molar refractivity (Wildman–Crippen MR) is 90.7 cm³/mol. The van der Waals surface area contributed by atoms with Gasteiger partial charge >= 0.3 is 0 Å². The molecule has 0 bridgehead atoms. The zero-order valence-corrected chi connectivity index (χ0v) is 12.5. The van der Waals surface area contributed by atoms with Gasteiger partial charge in [0.15, 0.2) is 0 Å². The van der Waals surface area contributed by atoms with E-state index in [0.29, 0.717) is 22.5 Å². The number of anilines is 3. The number of allylic oxidation sites excluding steroid dienone is 1. The first kappa shape index (κ1) is 14.6. The Bertz CT molecular complexity index is 838. The highest BCUT2D eigenvalue weighted by Gasteiger charge is 2.26. The van der Waals surface area contributed by atoms with Crippen LogP contribution < -0.4 is 22.1 Å². The van der Waals surface area contributed by atoms with E-state index >= 15 is 0 Å². The summed E-state index contributed by atoms with van der Waals surface area (Å²) in [4.78, 5) is 23.3. The molecule has 3 rings (SSSR count). The van der Waals surface area contributed by atoms with E-state index in [4.69, 9.17) is 11.5 Å². The first-order valence-corrected chi connectivity index (χ1v) is 7.04. The molecule has 1 aliphatic heterocycles. The van der Waals surface area contributed by atoms with E-state index in [1.807, 2.05) is 6.92 Å². The van der Waals surface area contributed by atoms with Gasteiger partial charge in [0.1, 0.15) is 0 Å². The number of benzene rings is 2. The maximum Gasteiger partial charge on any atom is 0.258 e. The molecule has 0 saturated heterocycles. The minimum Gasteiger partial charge on any atom is -0.399 e. The summed E-state index contributed by atoms with van der Waals surface area (Å²) < 4.78 is 0. The van der Waals surface area contributed by atoms with Crippen LogP contribution in [0.15, 0.2) is 48.2 Å². The first-order valence-electron chi connectivity index (χ1n) is 7.04. The van der Waals surface area contributed by atoms with E-state index in [-0.39, 0.29) is 5.91 Å². The van der Waals surface area contributed by atoms with Crippen molar-refractivity contribution in [3.05, 3.63) is 59.3 Å². The van der Waals surface area contributed by atoms with Crippen LogP contribution in [0.1, 0.15) is 22.8 Å². The third-order valence-corrected chi connectivity index (χ3v) is 3.66. The van der Waals surface area contributed by atoms with Crippen LogP contribution in [0.3, 0.4) is 0 Å². The fourth-order valence-corrected chi connectivity index (χ4v) is 2.55. The molecule has 0 unspecified atom stereocenters. The molecule has 0 spiro atoms. The highest BCUT2D eigenvalue weighted by atomic mass is 16.2. The molecule has 6 N–H and O–H groups in total. The summed E-state index contributed by atoms with van der Waals surface area (Å²) in [6.07, 6.45) is 0. The molecule has 2 amide bonds. The Kier molecular flexibility index (Phi) is 3.50. The SMILES string of the molecule is CC(Nc1ccc(C(N)=O)cc1)=C1C(=O)Nc2ccc(N)cc21. The topological polar surface area (TPSA) is 110 Å². The van der Waals surface area contributed by atoms with E-state index in [0.717, 1.165) is 16.9 Å². The van der Waals surface area contributed by atoms with E-state index in [2.05, 4.69) is 10.6 Å². The fraction of sp³-hybridized carbons (Fsp3) is 0.0588. The average Bonchev–Trinajstić information content (AvgIpc) is 2.83. The summed E-state index contributed by atoms with van der Waals surface area (Å²) in [5, 5.41) is 5.98. The number of primary amides is 1. The van der Waals surface area contributed by atoms with Crippen molar-refractivity contribution < 1.29 is 9.59 Å². The molecule has 0 aromatic heterocycles. The maximum absolute atomic E-state index is 12.2. The molecule has 6 nitrogen and oxygen atoms in total. The largest absolute Gasteiger partial charge is 0.399 e. The van der Waals surface area contributed by atoms with Crippen LogP contribution in [-0.4, -0.2) is 11.8 Å². The number of nitrogens with one attached hydrogen (secondary N) is 2. The van der Waals surface area contributed by atoms with Crippen LogP contribution in [0.25, 0.3) is 5.57 Å². The summed E-state index contributed by atoms with van der Waals surface area (Å²) in [7, 11) is 0. The lowest BCUT2D eigenvalue weighted by Gasteiger charge is -2.10. The normalized spacial score (nSPS) is 14.9. The molecule has 116 valence electrons. The smallest absolute Gasteiger partial charge is 0.258 e. The molecule has 2 aromatic rings. The van der Waals surface area contributed by atoms with E-state index < -0.39 is 5.91 Å². The Morgan fingerprint density at radius 3 is 2.48 bits per heavy atom. The van der Waals surface area contributed by atoms with Crippen molar-refractivity contribution in [3.8, 4) is 0 Å². The van der Waals surface area contributed by atoms with Crippen molar-refractivity contribution in [3.63, 3.8) is 0 Å². The van der Waals surface area contributed by atoms with Crippen LogP contribution >= 0.6 is 0 Å². The van der Waals surface area contributed by atoms with Crippen LogP contribution in [0.2, 0.25) is 0 Å². The average molecular weight is 308 g/mol. The van der Waals surface area contributed by atoms with Gasteiger partial charge in [-0.05, 0) is 49.4 Å². The third-order valence-electron chi connectivity index (χ3n) is 3.66. The quantitative estimate of drug-likeness (QED) is 0.514. The van der Waals surface area contributed by atoms with Crippen molar-refractivity contribution in [2.45, 2.75) is 6.92 Å². The fourth-order valence-electron chi connectivity index (χ4n) is 2.55. The van der Waals surface area contributed by atoms with Gasteiger partial charge in [0.05, 0.1) is 5.57 Å². The second kappa shape index (κ2) is 5.49. The predicted octanol–water partition coefficient (Wildman–Crippen LogP) is 2.16. The first-order chi connectivity index (χ1) is 11.0. The van der Waals surface area contributed by atoms with Gasteiger partial charge in [-0.15, -0.1) is 0 Å². The molecule has 0 aliphatic carbocycles. The molecule has 23 heavy (non-hydrogen) atoms. The van der Waals surface area contributed by atoms with Crippen molar-refractivity contribution >= 4 is 34.4 Å². The number of hydrogen-bond acceptors (Lipinski definition) is 4. The lowest BCUT2D eigenvalue weighted by atomic mass is 10.0. The number of amides is 2. The van der Waals surface area contributed by atoms with Gasteiger partial charge in [-0.2, -0.15) is 0 Å². The number of nitrogen functional groups attached to an aromatic ring is 1. The maximum atomic E-state index is 12.2. The lowest BCUT2D eigenvalue weighted by Crippen LogP contribution is -2.11. The van der Waals surface area contributed by atoms with E-state index in [1.54, 1.807) is 42.5 Å². The van der Waals surface area contributed by atoms with Crippen LogP contribution in [0.5, 0.6) is 0 Å². The minimum absolute atomic E-state index is 0.177. The Labute approximate surface area is 133 Å². The van der Waals surface area contributed by atoms with Gasteiger partial charge in [-0.1, -0.05) is 0 Å². The summed E-state index contributed by atoms with van der Waals surface area (Å²) >= 11 is 0. The summed E-state index contributed by atoms with van der Waals surface area (Å²) in [6, 6.07) is 12.0. The van der Waals surface area contributed by atoms with E-state index in [1.165, 1.54) is 0 Å². The van der Waals surface area contributed by atoms with Gasteiger partial charge in [0.2, 0.25) is 5.91 Å². The van der Waals surface area contributed by atoms with Crippen LogP contribution in [0.4, 0.5) is 17.1 Å². The molecule has 0 fully saturated rings. The summed E-state index contributed by atoms with van der Waals surface area (Å²) in [5.74, 6) is -0.657. The van der Waals surface area contributed by atoms with Gasteiger partial charge in [-0.3, -0.25) is 9.59 Å². The number of fused-ring (bicyclic) bond motifs is 1. The zero-order chi connectivity index (χ0) is 16.6. The zero-order valence-electron chi connectivity index (χ0n) is 12.5. The molecule has 0 saturated carbocycles. The Balaban J connectivity index is 1.94. The number of carbonyl (C=O) groups is 2. The number of rotatable bonds is 3. The summed E-state index contributed by atoms with van der Waals surface area (Å²) in [5.41, 5.74) is 15.6. The van der Waals surface area contributed by atoms with Crippen LogP contribution in [0, 0.1) is 0 Å². The third kappa shape index (κ3) is 2.74. The molecule has 1 heterocycles. The van der Waals surface area contributed by atoms with Crippen LogP contribution in [-0.2, 0) is 4.79 Å². The second-order valence-corrected chi connectivity index (χ2v) is 5.33. The van der Waals surface area contributed by atoms with Gasteiger partial charge in [-0.25, -0.2) is 0 Å². The highest BCUT2D eigenvalue weighted by molar-refractivity contribution is 6.32. The Hall–Kier alpha value is -3.28. The van der Waals surface area contributed by atoms with Gasteiger partial charge in [0, 0.05) is 33.9 Å². The molecule has 2 aromatic carbocycles. The summed E-state index contributed by atoms with van der Waals surface area (Å²) in [6.45, 7) is 1.81. The molecular formula is C17H16N4O2. The number of hydrogen-bond donors (Lipinski definition) is 4. The molecule has 0 atom stereocenters. The van der Waals surface area contributed by atoms with Gasteiger partial charge in [0.25, 0.3) is 5.91 Å². The molecule has 6 heteroatoms.